The summed E-state index contributed by atoms with van der Waals surface area (Å²) in [6.45, 7) is 5.24. The molecule has 4 heteroatoms. The van der Waals surface area contributed by atoms with E-state index in [1.807, 2.05) is 30.3 Å². The SMILES string of the molecule is CC(C)CNc1cc(-c2cccc(Cl)c2)[nH]n1. The van der Waals surface area contributed by atoms with E-state index in [1.54, 1.807) is 0 Å². The lowest BCUT2D eigenvalue weighted by molar-refractivity contribution is 0.687. The van der Waals surface area contributed by atoms with Gasteiger partial charge in [-0.1, -0.05) is 37.6 Å². The Morgan fingerprint density at radius 3 is 2.88 bits per heavy atom. The first-order chi connectivity index (χ1) is 8.15. The van der Waals surface area contributed by atoms with Crippen LogP contribution in [0.2, 0.25) is 5.02 Å². The number of H-pyrrole nitrogens is 1. The lowest BCUT2D eigenvalue weighted by Gasteiger charge is -2.04. The van der Waals surface area contributed by atoms with Gasteiger partial charge in [0.2, 0.25) is 0 Å². The lowest BCUT2D eigenvalue weighted by atomic mass is 10.1. The van der Waals surface area contributed by atoms with Gasteiger partial charge in [0.15, 0.2) is 0 Å². The van der Waals surface area contributed by atoms with Crippen LogP contribution in [0.15, 0.2) is 30.3 Å². The smallest absolute Gasteiger partial charge is 0.148 e. The third-order valence-corrected chi connectivity index (χ3v) is 2.64. The fourth-order valence-electron chi connectivity index (χ4n) is 1.52. The van der Waals surface area contributed by atoms with E-state index in [1.165, 1.54) is 0 Å². The van der Waals surface area contributed by atoms with Gasteiger partial charge in [0.1, 0.15) is 5.82 Å². The molecule has 0 fully saturated rings. The molecule has 0 saturated carbocycles. The van der Waals surface area contributed by atoms with Gasteiger partial charge in [0.05, 0.1) is 5.69 Å². The van der Waals surface area contributed by atoms with E-state index in [9.17, 15) is 0 Å². The molecule has 2 rings (SSSR count). The van der Waals surface area contributed by atoms with Gasteiger partial charge in [-0.2, -0.15) is 5.10 Å². The highest BCUT2D eigenvalue weighted by Crippen LogP contribution is 2.22. The maximum Gasteiger partial charge on any atom is 0.148 e. The molecule has 0 amide bonds. The number of nitrogens with one attached hydrogen (secondary N) is 2. The first-order valence-electron chi connectivity index (χ1n) is 5.70. The molecule has 0 aliphatic rings. The number of nitrogens with zero attached hydrogens (tertiary/aromatic N) is 1. The zero-order valence-corrected chi connectivity index (χ0v) is 10.8. The number of hydrogen-bond acceptors (Lipinski definition) is 2. The molecule has 0 bridgehead atoms. The summed E-state index contributed by atoms with van der Waals surface area (Å²) < 4.78 is 0. The second-order valence-electron chi connectivity index (χ2n) is 4.45. The van der Waals surface area contributed by atoms with Crippen LogP contribution in [0.3, 0.4) is 0 Å². The van der Waals surface area contributed by atoms with Crippen molar-refractivity contribution < 1.29 is 0 Å². The van der Waals surface area contributed by atoms with Crippen LogP contribution in [0.25, 0.3) is 11.3 Å². The van der Waals surface area contributed by atoms with Gasteiger partial charge in [0.25, 0.3) is 0 Å². The fourth-order valence-corrected chi connectivity index (χ4v) is 1.72. The highest BCUT2D eigenvalue weighted by Gasteiger charge is 2.04. The Kier molecular flexibility index (Phi) is 3.69. The molecule has 0 aliphatic carbocycles. The highest BCUT2D eigenvalue weighted by atomic mass is 35.5. The maximum atomic E-state index is 5.95. The number of hydrogen-bond donors (Lipinski definition) is 2. The molecule has 1 aromatic carbocycles. The number of aromatic amines is 1. The Morgan fingerprint density at radius 1 is 1.35 bits per heavy atom. The van der Waals surface area contributed by atoms with Gasteiger partial charge in [-0.3, -0.25) is 5.10 Å². The molecule has 0 unspecified atom stereocenters. The van der Waals surface area contributed by atoms with Crippen LogP contribution in [-0.4, -0.2) is 16.7 Å². The van der Waals surface area contributed by atoms with Gasteiger partial charge in [-0.05, 0) is 18.1 Å². The van der Waals surface area contributed by atoms with Crippen molar-refractivity contribution in [3.8, 4) is 11.3 Å². The van der Waals surface area contributed by atoms with Gasteiger partial charge in [-0.25, -0.2) is 0 Å². The Bertz CT molecular complexity index is 491. The maximum absolute atomic E-state index is 5.95. The van der Waals surface area contributed by atoms with E-state index in [0.29, 0.717) is 5.92 Å². The molecule has 0 aliphatic heterocycles. The summed E-state index contributed by atoms with van der Waals surface area (Å²) in [4.78, 5) is 0. The number of halogens is 1. The van der Waals surface area contributed by atoms with Crippen LogP contribution < -0.4 is 5.32 Å². The predicted octanol–water partition coefficient (Wildman–Crippen LogP) is 3.80. The largest absolute Gasteiger partial charge is 0.368 e. The van der Waals surface area contributed by atoms with Crippen molar-refractivity contribution in [1.82, 2.24) is 10.2 Å². The normalized spacial score (nSPS) is 10.8. The second-order valence-corrected chi connectivity index (χ2v) is 4.89. The molecule has 0 atom stereocenters. The van der Waals surface area contributed by atoms with E-state index in [4.69, 9.17) is 11.6 Å². The molecule has 2 N–H and O–H groups in total. The van der Waals surface area contributed by atoms with Crippen LogP contribution in [0.1, 0.15) is 13.8 Å². The first kappa shape index (κ1) is 12.0. The standard InChI is InChI=1S/C13H16ClN3/c1-9(2)8-15-13-7-12(16-17-13)10-4-3-5-11(14)6-10/h3-7,9H,8H2,1-2H3,(H2,15,16,17). The van der Waals surface area contributed by atoms with Crippen molar-refractivity contribution in [2.75, 3.05) is 11.9 Å². The van der Waals surface area contributed by atoms with Gasteiger partial charge in [0, 0.05) is 23.2 Å². The fraction of sp³-hybridized carbons (Fsp3) is 0.308. The highest BCUT2D eigenvalue weighted by molar-refractivity contribution is 6.30. The van der Waals surface area contributed by atoms with Crippen molar-refractivity contribution in [3.05, 3.63) is 35.4 Å². The minimum absolute atomic E-state index is 0.598. The molecule has 1 aromatic heterocycles. The van der Waals surface area contributed by atoms with Crippen LogP contribution >= 0.6 is 11.6 Å². The van der Waals surface area contributed by atoms with Gasteiger partial charge in [-0.15, -0.1) is 0 Å². The molecule has 0 spiro atoms. The molecule has 2 aromatic rings. The lowest BCUT2D eigenvalue weighted by Crippen LogP contribution is -2.07. The van der Waals surface area contributed by atoms with Crippen molar-refractivity contribution in [1.29, 1.82) is 0 Å². The van der Waals surface area contributed by atoms with Crippen LogP contribution in [0, 0.1) is 5.92 Å². The number of aromatic nitrogens is 2. The quantitative estimate of drug-likeness (QED) is 0.865. The molecular formula is C13H16ClN3. The molecule has 0 radical (unpaired) electrons. The Morgan fingerprint density at radius 2 is 2.18 bits per heavy atom. The Hall–Kier alpha value is -1.48. The number of benzene rings is 1. The average Bonchev–Trinajstić information content (AvgIpc) is 2.75. The second kappa shape index (κ2) is 5.23. The monoisotopic (exact) mass is 249 g/mol. The average molecular weight is 250 g/mol. The van der Waals surface area contributed by atoms with E-state index < -0.39 is 0 Å². The summed E-state index contributed by atoms with van der Waals surface area (Å²) in [6, 6.07) is 9.71. The van der Waals surface area contributed by atoms with Crippen molar-refractivity contribution in [2.45, 2.75) is 13.8 Å². The number of rotatable bonds is 4. The van der Waals surface area contributed by atoms with E-state index in [2.05, 4.69) is 29.4 Å². The molecule has 17 heavy (non-hydrogen) atoms. The zero-order valence-electron chi connectivity index (χ0n) is 10.00. The molecule has 1 heterocycles. The molecule has 3 nitrogen and oxygen atoms in total. The van der Waals surface area contributed by atoms with Gasteiger partial charge >= 0.3 is 0 Å². The molecule has 90 valence electrons. The summed E-state index contributed by atoms with van der Waals surface area (Å²) in [5, 5.41) is 11.2. The van der Waals surface area contributed by atoms with E-state index >= 15 is 0 Å². The third-order valence-electron chi connectivity index (χ3n) is 2.40. The minimum Gasteiger partial charge on any atom is -0.368 e. The predicted molar refractivity (Wildman–Crippen MR) is 72.4 cm³/mol. The van der Waals surface area contributed by atoms with Gasteiger partial charge < -0.3 is 5.32 Å². The summed E-state index contributed by atoms with van der Waals surface area (Å²) in [5.41, 5.74) is 2.02. The van der Waals surface area contributed by atoms with Crippen molar-refractivity contribution in [2.24, 2.45) is 5.92 Å². The Balaban J connectivity index is 2.12. The minimum atomic E-state index is 0.598. The summed E-state index contributed by atoms with van der Waals surface area (Å²) in [5.74, 6) is 1.47. The molecule has 0 saturated heterocycles. The topological polar surface area (TPSA) is 40.7 Å². The Labute approximate surface area is 106 Å². The van der Waals surface area contributed by atoms with Crippen LogP contribution in [0.5, 0.6) is 0 Å². The van der Waals surface area contributed by atoms with E-state index in [0.717, 1.165) is 28.6 Å². The van der Waals surface area contributed by atoms with E-state index in [-0.39, 0.29) is 0 Å². The third kappa shape index (κ3) is 3.24. The molecular weight excluding hydrogens is 234 g/mol. The summed E-state index contributed by atoms with van der Waals surface area (Å²) in [6.07, 6.45) is 0. The van der Waals surface area contributed by atoms with Crippen LogP contribution in [0.4, 0.5) is 5.82 Å². The zero-order chi connectivity index (χ0) is 12.3. The van der Waals surface area contributed by atoms with Crippen molar-refractivity contribution >= 4 is 17.4 Å². The van der Waals surface area contributed by atoms with Crippen LogP contribution in [-0.2, 0) is 0 Å². The summed E-state index contributed by atoms with van der Waals surface area (Å²) in [7, 11) is 0. The summed E-state index contributed by atoms with van der Waals surface area (Å²) >= 11 is 5.95. The first-order valence-corrected chi connectivity index (χ1v) is 6.08. The number of anilines is 1. The van der Waals surface area contributed by atoms with Crippen molar-refractivity contribution in [3.63, 3.8) is 0 Å².